The predicted molar refractivity (Wildman–Crippen MR) is 67.9 cm³/mol. The van der Waals surface area contributed by atoms with Crippen molar-refractivity contribution in [3.63, 3.8) is 0 Å². The number of methoxy groups -OCH3 is 1. The fourth-order valence-electron chi connectivity index (χ4n) is 1.25. The first-order chi connectivity index (χ1) is 9.31. The van der Waals surface area contributed by atoms with E-state index in [9.17, 15) is 19.2 Å². The molecule has 0 spiro atoms. The smallest absolute Gasteiger partial charge is 0.326 e. The minimum Gasteiger partial charge on any atom is -0.480 e. The maximum absolute atomic E-state index is 11.7. The van der Waals surface area contributed by atoms with Gasteiger partial charge in [-0.15, -0.1) is 0 Å². The summed E-state index contributed by atoms with van der Waals surface area (Å²) < 4.78 is 4.34. The van der Waals surface area contributed by atoms with Crippen LogP contribution in [-0.2, 0) is 19.1 Å². The molecule has 0 fully saturated rings. The van der Waals surface area contributed by atoms with Gasteiger partial charge in [0.1, 0.15) is 12.6 Å². The number of hydrogen-bond donors (Lipinski definition) is 3. The number of rotatable bonds is 7. The molecule has 0 aliphatic heterocycles. The second kappa shape index (κ2) is 8.73. The number of likely N-dealkylation sites (N-methyl/N-ethyl adjacent to an activating group) is 2. The molecule has 0 heterocycles. The highest BCUT2D eigenvalue weighted by molar-refractivity contribution is 5.88. The lowest BCUT2D eigenvalue weighted by molar-refractivity contribution is -0.147. The molecular weight excluding hydrogens is 270 g/mol. The van der Waals surface area contributed by atoms with E-state index in [1.54, 1.807) is 6.92 Å². The van der Waals surface area contributed by atoms with E-state index >= 15 is 0 Å². The molecule has 0 saturated heterocycles. The molecule has 0 unspecified atom stereocenters. The van der Waals surface area contributed by atoms with Crippen LogP contribution in [0.4, 0.5) is 4.79 Å². The Morgan fingerprint density at radius 3 is 2.35 bits per heavy atom. The summed E-state index contributed by atoms with van der Waals surface area (Å²) in [6.45, 7) is 1.94. The zero-order valence-corrected chi connectivity index (χ0v) is 11.6. The van der Waals surface area contributed by atoms with Gasteiger partial charge in [-0.05, 0) is 6.92 Å². The minimum atomic E-state index is -1.41. The molecule has 0 radical (unpaired) electrons. The second-order valence-electron chi connectivity index (χ2n) is 3.93. The van der Waals surface area contributed by atoms with Crippen molar-refractivity contribution in [2.75, 3.05) is 27.2 Å². The van der Waals surface area contributed by atoms with Crippen LogP contribution >= 0.6 is 0 Å². The molecule has 9 nitrogen and oxygen atoms in total. The third-order valence-electron chi connectivity index (χ3n) is 2.30. The van der Waals surface area contributed by atoms with E-state index in [-0.39, 0.29) is 12.5 Å². The largest absolute Gasteiger partial charge is 0.480 e. The average molecular weight is 289 g/mol. The van der Waals surface area contributed by atoms with Crippen LogP contribution in [0.15, 0.2) is 0 Å². The summed E-state index contributed by atoms with van der Waals surface area (Å²) in [5.41, 5.74) is 0. The van der Waals surface area contributed by atoms with Crippen LogP contribution in [0.25, 0.3) is 0 Å². The molecule has 0 aromatic rings. The van der Waals surface area contributed by atoms with Crippen molar-refractivity contribution >= 4 is 23.9 Å². The summed E-state index contributed by atoms with van der Waals surface area (Å²) in [4.78, 5) is 45.9. The lowest BCUT2D eigenvalue weighted by atomic mass is 10.2. The second-order valence-corrected chi connectivity index (χ2v) is 3.93. The quantitative estimate of drug-likeness (QED) is 0.504. The number of esters is 1. The van der Waals surface area contributed by atoms with Gasteiger partial charge < -0.3 is 25.4 Å². The molecule has 3 N–H and O–H groups in total. The Kier molecular flexibility index (Phi) is 7.71. The molecular formula is C11H19N3O6. The molecule has 1 atom stereocenters. The number of aliphatic carboxylic acids is 1. The van der Waals surface area contributed by atoms with Crippen LogP contribution in [0.2, 0.25) is 0 Å². The van der Waals surface area contributed by atoms with Crippen molar-refractivity contribution in [1.82, 2.24) is 15.5 Å². The lowest BCUT2D eigenvalue weighted by Crippen LogP contribution is -2.49. The summed E-state index contributed by atoms with van der Waals surface area (Å²) in [5.74, 6) is -2.50. The van der Waals surface area contributed by atoms with Crippen molar-refractivity contribution in [1.29, 1.82) is 0 Å². The first kappa shape index (κ1) is 17.7. The maximum Gasteiger partial charge on any atom is 0.326 e. The summed E-state index contributed by atoms with van der Waals surface area (Å²) in [6.07, 6.45) is -0.493. The number of carbonyl (C=O) groups excluding carboxylic acids is 3. The van der Waals surface area contributed by atoms with Gasteiger partial charge >= 0.3 is 18.0 Å². The molecule has 3 amide bonds. The van der Waals surface area contributed by atoms with Gasteiger partial charge in [0, 0.05) is 13.6 Å². The molecule has 0 saturated carbocycles. The summed E-state index contributed by atoms with van der Waals surface area (Å²) in [6, 6.07) is -2.18. The van der Waals surface area contributed by atoms with E-state index < -0.39 is 30.4 Å². The number of urea groups is 1. The molecule has 0 rings (SSSR count). The van der Waals surface area contributed by atoms with Gasteiger partial charge in [-0.1, -0.05) is 0 Å². The fourth-order valence-corrected chi connectivity index (χ4v) is 1.25. The normalized spacial score (nSPS) is 11.2. The molecule has 114 valence electrons. The Bertz CT molecular complexity index is 384. The monoisotopic (exact) mass is 289 g/mol. The molecule has 0 bridgehead atoms. The number of carboxylic acid groups (broad SMARTS) is 1. The van der Waals surface area contributed by atoms with E-state index in [4.69, 9.17) is 5.11 Å². The number of amides is 3. The molecule has 20 heavy (non-hydrogen) atoms. The highest BCUT2D eigenvalue weighted by atomic mass is 16.5. The van der Waals surface area contributed by atoms with Crippen molar-refractivity contribution in [2.45, 2.75) is 19.4 Å². The van der Waals surface area contributed by atoms with Crippen molar-refractivity contribution in [3.05, 3.63) is 0 Å². The Morgan fingerprint density at radius 2 is 1.90 bits per heavy atom. The van der Waals surface area contributed by atoms with Crippen molar-refractivity contribution in [2.24, 2.45) is 0 Å². The van der Waals surface area contributed by atoms with E-state index in [2.05, 4.69) is 15.4 Å². The molecule has 9 heteroatoms. The van der Waals surface area contributed by atoms with Crippen LogP contribution in [0, 0.1) is 0 Å². The van der Waals surface area contributed by atoms with E-state index in [1.807, 2.05) is 0 Å². The van der Waals surface area contributed by atoms with E-state index in [1.165, 1.54) is 7.05 Å². The van der Waals surface area contributed by atoms with Crippen LogP contribution < -0.4 is 10.6 Å². The number of nitrogens with zero attached hydrogens (tertiary/aromatic N) is 1. The SMILES string of the molecule is CCNC(=O)CN(C)C(=O)N[C@@H](CC(=O)OC)C(=O)O. The first-order valence-corrected chi connectivity index (χ1v) is 5.89. The summed E-state index contributed by atoms with van der Waals surface area (Å²) >= 11 is 0. The third kappa shape index (κ3) is 6.57. The number of ether oxygens (including phenoxy) is 1. The number of carbonyl (C=O) groups is 4. The zero-order valence-electron chi connectivity index (χ0n) is 11.6. The Morgan fingerprint density at radius 1 is 1.30 bits per heavy atom. The van der Waals surface area contributed by atoms with Crippen molar-refractivity contribution in [3.8, 4) is 0 Å². The fraction of sp³-hybridized carbons (Fsp3) is 0.636. The Labute approximate surface area is 116 Å². The number of carboxylic acids is 1. The lowest BCUT2D eigenvalue weighted by Gasteiger charge is -2.20. The van der Waals surface area contributed by atoms with E-state index in [0.717, 1.165) is 12.0 Å². The maximum atomic E-state index is 11.7. The number of nitrogens with one attached hydrogen (secondary N) is 2. The van der Waals surface area contributed by atoms with E-state index in [0.29, 0.717) is 6.54 Å². The van der Waals surface area contributed by atoms with Gasteiger partial charge in [0.2, 0.25) is 5.91 Å². The summed E-state index contributed by atoms with van der Waals surface area (Å²) in [7, 11) is 2.45. The third-order valence-corrected chi connectivity index (χ3v) is 2.30. The zero-order chi connectivity index (χ0) is 15.7. The van der Waals surface area contributed by atoms with Gasteiger partial charge in [0.05, 0.1) is 13.5 Å². The minimum absolute atomic E-state index is 0.218. The molecule has 0 aromatic heterocycles. The molecule has 0 aromatic carbocycles. The average Bonchev–Trinajstić information content (AvgIpc) is 2.37. The van der Waals surface area contributed by atoms with Gasteiger partial charge in [-0.25, -0.2) is 9.59 Å². The Balaban J connectivity index is 4.48. The predicted octanol–water partition coefficient (Wildman–Crippen LogP) is -1.22. The van der Waals surface area contributed by atoms with Gasteiger partial charge in [-0.2, -0.15) is 0 Å². The van der Waals surface area contributed by atoms with Crippen LogP contribution in [0.3, 0.4) is 0 Å². The highest BCUT2D eigenvalue weighted by Gasteiger charge is 2.25. The van der Waals surface area contributed by atoms with Gasteiger partial charge in [-0.3, -0.25) is 9.59 Å². The standard InChI is InChI=1S/C11H19N3O6/c1-4-12-8(15)6-14(2)11(19)13-7(10(17)18)5-9(16)20-3/h7H,4-6H2,1-3H3,(H,12,15)(H,13,19)(H,17,18)/t7-/m0/s1. The molecule has 0 aliphatic rings. The highest BCUT2D eigenvalue weighted by Crippen LogP contribution is 1.97. The first-order valence-electron chi connectivity index (χ1n) is 5.89. The molecule has 0 aliphatic carbocycles. The Hall–Kier alpha value is -2.32. The summed E-state index contributed by atoms with van der Waals surface area (Å²) in [5, 5.41) is 13.5. The van der Waals surface area contributed by atoms with Gasteiger partial charge in [0.15, 0.2) is 0 Å². The number of hydrogen-bond acceptors (Lipinski definition) is 5. The van der Waals surface area contributed by atoms with Crippen LogP contribution in [0.1, 0.15) is 13.3 Å². The topological polar surface area (TPSA) is 125 Å². The van der Waals surface area contributed by atoms with Crippen LogP contribution in [-0.4, -0.2) is 67.2 Å². The van der Waals surface area contributed by atoms with Crippen molar-refractivity contribution < 1.29 is 29.0 Å². The van der Waals surface area contributed by atoms with Gasteiger partial charge in [0.25, 0.3) is 0 Å². The van der Waals surface area contributed by atoms with Crippen LogP contribution in [0.5, 0.6) is 0 Å².